The van der Waals surface area contributed by atoms with Gasteiger partial charge in [0.15, 0.2) is 0 Å². The van der Waals surface area contributed by atoms with Crippen molar-refractivity contribution in [3.05, 3.63) is 163 Å². The van der Waals surface area contributed by atoms with Crippen molar-refractivity contribution in [3.63, 3.8) is 0 Å². The molecule has 0 amide bonds. The molecule has 1 atom stereocenters. The molecule has 57 heavy (non-hydrogen) atoms. The molecular formula is C49H54O6P2. The molecule has 0 fully saturated rings. The van der Waals surface area contributed by atoms with Crippen LogP contribution in [-0.2, 0) is 0 Å². The maximum Gasteiger partial charge on any atom is 0.530 e. The molecule has 0 spiro atoms. The predicted molar refractivity (Wildman–Crippen MR) is 237 cm³/mol. The van der Waals surface area contributed by atoms with Crippen LogP contribution in [0.2, 0.25) is 0 Å². The molecule has 1 unspecified atom stereocenters. The van der Waals surface area contributed by atoms with Gasteiger partial charge in [-0.2, -0.15) is 0 Å². The lowest BCUT2D eigenvalue weighted by molar-refractivity contribution is 0.382. The van der Waals surface area contributed by atoms with Gasteiger partial charge in [-0.05, 0) is 170 Å². The zero-order valence-electron chi connectivity index (χ0n) is 35.5. The Bertz CT molecular complexity index is 2380. The van der Waals surface area contributed by atoms with Gasteiger partial charge in [0, 0.05) is 11.1 Å². The van der Waals surface area contributed by atoms with Gasteiger partial charge in [-0.25, -0.2) is 0 Å². The average Bonchev–Trinajstić information content (AvgIpc) is 3.14. The number of aryl methyl sites for hydroxylation is 11. The van der Waals surface area contributed by atoms with Crippen molar-refractivity contribution >= 4 is 17.2 Å². The van der Waals surface area contributed by atoms with Gasteiger partial charge in [-0.1, -0.05) is 83.4 Å². The molecule has 6 rings (SSSR count). The van der Waals surface area contributed by atoms with Crippen molar-refractivity contribution in [2.24, 2.45) is 0 Å². The first kappa shape index (κ1) is 41.6. The number of hydrogen-bond donors (Lipinski definition) is 0. The Morgan fingerprint density at radius 3 is 0.965 bits per heavy atom. The van der Waals surface area contributed by atoms with E-state index in [0.29, 0.717) is 34.5 Å². The quantitative estimate of drug-likeness (QED) is 0.108. The Kier molecular flexibility index (Phi) is 12.9. The summed E-state index contributed by atoms with van der Waals surface area (Å²) in [5, 5.41) is 0. The fourth-order valence-electron chi connectivity index (χ4n) is 6.91. The predicted octanol–water partition coefficient (Wildman–Crippen LogP) is 14.9. The van der Waals surface area contributed by atoms with Crippen LogP contribution in [0.1, 0.15) is 72.3 Å². The Labute approximate surface area is 342 Å². The smallest absolute Gasteiger partial charge is 0.408 e. The fourth-order valence-corrected chi connectivity index (χ4v) is 9.36. The highest BCUT2D eigenvalue weighted by Gasteiger charge is 2.31. The lowest BCUT2D eigenvalue weighted by atomic mass is 9.87. The van der Waals surface area contributed by atoms with Crippen molar-refractivity contribution in [2.75, 3.05) is 0 Å². The van der Waals surface area contributed by atoms with E-state index in [2.05, 4.69) is 92.6 Å². The highest BCUT2D eigenvalue weighted by molar-refractivity contribution is 7.43. The molecule has 296 valence electrons. The minimum Gasteiger partial charge on any atom is -0.408 e. The van der Waals surface area contributed by atoms with E-state index in [9.17, 15) is 0 Å². The molecule has 0 aliphatic rings. The molecule has 0 N–H and O–H groups in total. The summed E-state index contributed by atoms with van der Waals surface area (Å²) in [6, 6.07) is 30.6. The molecular weight excluding hydrogens is 746 g/mol. The zero-order valence-corrected chi connectivity index (χ0v) is 37.3. The molecule has 0 aliphatic carbocycles. The van der Waals surface area contributed by atoms with Crippen LogP contribution in [0.5, 0.6) is 34.5 Å². The SMILES string of the molecule is Cc1ccc(OP(Oc2ccccc2C)Oc2c(C)cc(C)c(C)c2-c2c(C)c(C)cc(C)c2OP(Oc2ccc(C)cc2C)Oc2ccc(C)cc2C)c(C)c1. The monoisotopic (exact) mass is 800 g/mol. The van der Waals surface area contributed by atoms with Crippen molar-refractivity contribution in [1.29, 1.82) is 0 Å². The molecule has 0 radical (unpaired) electrons. The summed E-state index contributed by atoms with van der Waals surface area (Å²) >= 11 is 0. The molecule has 0 saturated heterocycles. The minimum atomic E-state index is -2.00. The van der Waals surface area contributed by atoms with Crippen LogP contribution in [0.3, 0.4) is 0 Å². The Morgan fingerprint density at radius 1 is 0.298 bits per heavy atom. The molecule has 0 aliphatic heterocycles. The molecule has 6 nitrogen and oxygen atoms in total. The molecule has 0 heterocycles. The van der Waals surface area contributed by atoms with E-state index >= 15 is 0 Å². The lowest BCUT2D eigenvalue weighted by Crippen LogP contribution is -2.09. The van der Waals surface area contributed by atoms with Gasteiger partial charge in [0.25, 0.3) is 0 Å². The summed E-state index contributed by atoms with van der Waals surface area (Å²) < 4.78 is 40.9. The van der Waals surface area contributed by atoms with Crippen molar-refractivity contribution in [2.45, 2.75) is 90.0 Å². The Balaban J connectivity index is 1.51. The van der Waals surface area contributed by atoms with Crippen LogP contribution >= 0.6 is 17.2 Å². The van der Waals surface area contributed by atoms with Gasteiger partial charge in [-0.15, -0.1) is 0 Å². The van der Waals surface area contributed by atoms with Gasteiger partial charge >= 0.3 is 17.2 Å². The molecule has 6 aromatic carbocycles. The van der Waals surface area contributed by atoms with Crippen molar-refractivity contribution in [1.82, 2.24) is 0 Å². The third-order valence-electron chi connectivity index (χ3n) is 10.3. The number of benzene rings is 6. The largest absolute Gasteiger partial charge is 0.530 e. The van der Waals surface area contributed by atoms with E-state index in [-0.39, 0.29) is 0 Å². The standard InChI is InChI=1S/C49H54O6P2/c1-29-18-21-43(35(7)24-29)51-56(50-42-17-15-14-16-32(42)4)54-48-38(10)27-33(5)40(12)46(48)47-41(13)34(6)28-39(11)49(47)55-57(52-44-22-19-30(2)25-36(44)8)53-45-23-20-31(3)26-37(45)9/h14-28H,1-13H3. The first-order valence-electron chi connectivity index (χ1n) is 19.3. The molecule has 0 saturated carbocycles. The summed E-state index contributed by atoms with van der Waals surface area (Å²) in [4.78, 5) is 0. The van der Waals surface area contributed by atoms with Crippen LogP contribution in [0.4, 0.5) is 0 Å². The van der Waals surface area contributed by atoms with E-state index < -0.39 is 17.2 Å². The highest BCUT2D eigenvalue weighted by atomic mass is 31.2. The summed E-state index contributed by atoms with van der Waals surface area (Å²) in [6.45, 7) is 27.0. The lowest BCUT2D eigenvalue weighted by Gasteiger charge is -2.27. The van der Waals surface area contributed by atoms with Crippen LogP contribution < -0.4 is 27.1 Å². The van der Waals surface area contributed by atoms with E-state index in [1.165, 1.54) is 0 Å². The third-order valence-corrected chi connectivity index (χ3v) is 12.4. The van der Waals surface area contributed by atoms with Crippen molar-refractivity contribution < 1.29 is 27.1 Å². The second-order valence-corrected chi connectivity index (χ2v) is 17.2. The van der Waals surface area contributed by atoms with E-state index in [1.807, 2.05) is 88.4 Å². The van der Waals surface area contributed by atoms with Crippen LogP contribution in [0.15, 0.2) is 91.0 Å². The van der Waals surface area contributed by atoms with E-state index in [0.717, 1.165) is 83.5 Å². The Hall–Kier alpha value is -5.02. The normalized spacial score (nSPS) is 11.7. The van der Waals surface area contributed by atoms with Gasteiger partial charge in [-0.3, -0.25) is 0 Å². The molecule has 0 aromatic heterocycles. The highest BCUT2D eigenvalue weighted by Crippen LogP contribution is 2.54. The summed E-state index contributed by atoms with van der Waals surface area (Å²) in [6.07, 6.45) is 0. The van der Waals surface area contributed by atoms with Gasteiger partial charge in [0.05, 0.1) is 0 Å². The zero-order chi connectivity index (χ0) is 41.1. The second kappa shape index (κ2) is 17.6. The van der Waals surface area contributed by atoms with Crippen LogP contribution in [0, 0.1) is 90.0 Å². The number of rotatable bonds is 13. The van der Waals surface area contributed by atoms with E-state index in [1.54, 1.807) is 0 Å². The topological polar surface area (TPSA) is 55.4 Å². The molecule has 6 aromatic rings. The summed E-state index contributed by atoms with van der Waals surface area (Å²) in [7, 11) is -3.99. The number of hydrogen-bond acceptors (Lipinski definition) is 6. The van der Waals surface area contributed by atoms with Crippen molar-refractivity contribution in [3.8, 4) is 45.6 Å². The van der Waals surface area contributed by atoms with E-state index in [4.69, 9.17) is 27.1 Å². The Morgan fingerprint density at radius 2 is 0.632 bits per heavy atom. The van der Waals surface area contributed by atoms with Gasteiger partial charge in [0.1, 0.15) is 34.5 Å². The van der Waals surface area contributed by atoms with Gasteiger partial charge < -0.3 is 27.1 Å². The summed E-state index contributed by atoms with van der Waals surface area (Å²) in [5.74, 6) is 4.13. The number of para-hydroxylation sites is 1. The average molecular weight is 801 g/mol. The third kappa shape index (κ3) is 9.58. The molecule has 0 bridgehead atoms. The summed E-state index contributed by atoms with van der Waals surface area (Å²) in [5.41, 5.74) is 15.5. The molecule has 8 heteroatoms. The first-order valence-corrected chi connectivity index (χ1v) is 21.5. The minimum absolute atomic E-state index is 0.662. The van der Waals surface area contributed by atoms with Gasteiger partial charge in [0.2, 0.25) is 0 Å². The maximum absolute atomic E-state index is 7.08. The second-order valence-electron chi connectivity index (χ2n) is 15.2. The fraction of sp³-hybridized carbons (Fsp3) is 0.265. The van der Waals surface area contributed by atoms with Crippen LogP contribution in [0.25, 0.3) is 11.1 Å². The maximum atomic E-state index is 7.08. The first-order chi connectivity index (χ1) is 27.1. The van der Waals surface area contributed by atoms with Crippen LogP contribution in [-0.4, -0.2) is 0 Å².